The lowest BCUT2D eigenvalue weighted by Gasteiger charge is -2.31. The number of guanidine groups is 2. The molecule has 26 nitrogen and oxygen atoms in total. The Morgan fingerprint density at radius 2 is 1.21 bits per heavy atom. The van der Waals surface area contributed by atoms with Gasteiger partial charge >= 0.3 is 0 Å². The molecular formula is C55H80N16O10. The molecule has 0 aliphatic carbocycles. The van der Waals surface area contributed by atoms with Gasteiger partial charge < -0.3 is 75.2 Å². The van der Waals surface area contributed by atoms with Crippen LogP contribution in [0.15, 0.2) is 106 Å². The summed E-state index contributed by atoms with van der Waals surface area (Å²) < 4.78 is 5.72. The van der Waals surface area contributed by atoms with Gasteiger partial charge in [-0.25, -0.2) is 4.99 Å². The van der Waals surface area contributed by atoms with Crippen molar-refractivity contribution in [1.29, 1.82) is 0 Å². The highest BCUT2D eigenvalue weighted by Crippen LogP contribution is 2.20. The first-order valence-corrected chi connectivity index (χ1v) is 26.8. The number of carbonyl (C=O) groups excluding carboxylic acids is 7. The predicted molar refractivity (Wildman–Crippen MR) is 307 cm³/mol. The number of aliphatic imine (C=N–C) groups is 3. The molecule has 440 valence electrons. The smallest absolute Gasteiger partial charge is 0.262 e. The van der Waals surface area contributed by atoms with E-state index < -0.39 is 96.5 Å². The maximum Gasteiger partial charge on any atom is 0.262 e. The van der Waals surface area contributed by atoms with Gasteiger partial charge in [-0.15, -0.1) is 0 Å². The van der Waals surface area contributed by atoms with Gasteiger partial charge in [0.05, 0.1) is 43.8 Å². The van der Waals surface area contributed by atoms with Crippen molar-refractivity contribution in [3.05, 3.63) is 108 Å². The first-order chi connectivity index (χ1) is 38.8. The zero-order valence-corrected chi connectivity index (χ0v) is 45.7. The van der Waals surface area contributed by atoms with Crippen molar-refractivity contribution in [2.75, 3.05) is 26.2 Å². The van der Waals surface area contributed by atoms with Crippen LogP contribution >= 0.6 is 0 Å². The third-order valence-corrected chi connectivity index (χ3v) is 12.8. The van der Waals surface area contributed by atoms with Crippen molar-refractivity contribution in [3.8, 4) is 0 Å². The SMILES string of the molecule is C=NC(=O)C(CC(=O)NCCCCC(NC(=O)C(Cc1c[nH]c2ccccc12)NC(O)C(CCCN=C(N)N)NC(=O)C(Cc1ccccc1)NC(=O)CCOCc1ccccc1)C(N)=O)NC(O)C(CCCN=C(N)N)NC(C)=O. The van der Waals surface area contributed by atoms with E-state index >= 15 is 0 Å². The number of amides is 7. The highest BCUT2D eigenvalue weighted by atomic mass is 16.5. The number of hydrogen-bond acceptors (Lipinski definition) is 14. The first kappa shape index (κ1) is 65.2. The molecule has 4 rings (SSSR count). The summed E-state index contributed by atoms with van der Waals surface area (Å²) in [5.41, 5.74) is 30.9. The molecule has 20 N–H and O–H groups in total. The second kappa shape index (κ2) is 35.3. The fraction of sp³-hybridized carbons (Fsp3) is 0.455. The van der Waals surface area contributed by atoms with Gasteiger partial charge in [-0.05, 0) is 80.8 Å². The van der Waals surface area contributed by atoms with E-state index in [0.29, 0.717) is 25.0 Å². The van der Waals surface area contributed by atoms with Crippen LogP contribution in [0.1, 0.15) is 81.4 Å². The second-order valence-electron chi connectivity index (χ2n) is 19.3. The summed E-state index contributed by atoms with van der Waals surface area (Å²) in [7, 11) is 0. The van der Waals surface area contributed by atoms with E-state index in [1.807, 2.05) is 72.8 Å². The number of para-hydroxylation sites is 1. The highest BCUT2D eigenvalue weighted by Gasteiger charge is 2.33. The van der Waals surface area contributed by atoms with Crippen LogP contribution in [0, 0.1) is 0 Å². The fourth-order valence-corrected chi connectivity index (χ4v) is 8.69. The standard InChI is InChI=1S/C55H80N16O10/c1-34(72)66-41(22-13-26-63-54(57)58)50(77)71-45(49(76)61-2)31-47(74)62-25-12-11-21-40(48(56)75)68-53(80)44(30-37-32-65-39-20-10-9-19-38(37)39)70-51(78)42(23-14-27-64-55(59)60)69-52(79)43(29-35-15-5-3-6-16-35)67-46(73)24-28-81-33-36-17-7-4-8-18-36/h3-10,15-20,32,40-45,50-51,65,70-71,77-78H,2,11-14,21-31,33H2,1H3,(H2,56,75)(H,62,74)(H,66,72)(H,67,73)(H,68,80)(H,69,79)(H4,57,58,63)(H4,59,60,64). The molecule has 7 amide bonds. The van der Waals surface area contributed by atoms with Crippen molar-refractivity contribution in [2.45, 2.75) is 133 Å². The summed E-state index contributed by atoms with van der Waals surface area (Å²) in [6.45, 7) is 5.32. The third kappa shape index (κ3) is 24.7. The Labute approximate surface area is 470 Å². The van der Waals surface area contributed by atoms with Gasteiger partial charge in [-0.1, -0.05) is 78.9 Å². The molecule has 26 heteroatoms. The van der Waals surface area contributed by atoms with Gasteiger partial charge in [0, 0.05) is 56.5 Å². The van der Waals surface area contributed by atoms with E-state index in [1.165, 1.54) is 6.92 Å². The highest BCUT2D eigenvalue weighted by molar-refractivity contribution is 5.92. The van der Waals surface area contributed by atoms with Crippen LogP contribution < -0.4 is 65.9 Å². The quantitative estimate of drug-likeness (QED) is 0.0106. The number of carbonyl (C=O) groups is 7. The number of aliphatic hydroxyl groups excluding tert-OH is 2. The van der Waals surface area contributed by atoms with E-state index in [0.717, 1.165) is 22.0 Å². The van der Waals surface area contributed by atoms with E-state index in [1.54, 1.807) is 18.3 Å². The Hall–Kier alpha value is -8.30. The number of unbranched alkanes of at least 4 members (excludes halogenated alkanes) is 1. The molecule has 1 aromatic heterocycles. The summed E-state index contributed by atoms with van der Waals surface area (Å²) >= 11 is 0. The molecule has 0 aliphatic heterocycles. The van der Waals surface area contributed by atoms with Crippen molar-refractivity contribution >= 4 is 70.9 Å². The van der Waals surface area contributed by atoms with E-state index in [4.69, 9.17) is 33.4 Å². The number of aromatic nitrogens is 1. The van der Waals surface area contributed by atoms with Gasteiger partial charge in [0.1, 0.15) is 24.5 Å². The first-order valence-electron chi connectivity index (χ1n) is 26.8. The Morgan fingerprint density at radius 3 is 1.81 bits per heavy atom. The van der Waals surface area contributed by atoms with Crippen LogP contribution in [-0.2, 0) is 57.7 Å². The van der Waals surface area contributed by atoms with Crippen molar-refractivity contribution in [1.82, 2.24) is 42.2 Å². The van der Waals surface area contributed by atoms with Crippen LogP contribution in [-0.4, -0.2) is 150 Å². The monoisotopic (exact) mass is 1120 g/mol. The average molecular weight is 1130 g/mol. The number of benzene rings is 3. The minimum absolute atomic E-state index is 0.0117. The maximum atomic E-state index is 14.4. The van der Waals surface area contributed by atoms with Crippen molar-refractivity contribution < 1.29 is 48.5 Å². The molecule has 3 aromatic carbocycles. The lowest BCUT2D eigenvalue weighted by atomic mass is 10.0. The molecular weight excluding hydrogens is 1040 g/mol. The molecule has 0 fully saturated rings. The molecule has 0 saturated heterocycles. The molecule has 0 radical (unpaired) electrons. The molecule has 8 unspecified atom stereocenters. The predicted octanol–water partition coefficient (Wildman–Crippen LogP) is -1.43. The number of primary amides is 1. The third-order valence-electron chi connectivity index (χ3n) is 12.8. The minimum atomic E-state index is -1.61. The number of hydrogen-bond donors (Lipinski definition) is 15. The maximum absolute atomic E-state index is 14.4. The zero-order chi connectivity index (χ0) is 59.1. The largest absolute Gasteiger partial charge is 0.376 e. The summed E-state index contributed by atoms with van der Waals surface area (Å²) in [5.74, 6) is -4.77. The van der Waals surface area contributed by atoms with E-state index in [2.05, 4.69) is 63.9 Å². The van der Waals surface area contributed by atoms with E-state index in [-0.39, 0.29) is 89.5 Å². The number of rotatable bonds is 38. The number of aromatic amines is 1. The summed E-state index contributed by atoms with van der Waals surface area (Å²) in [6, 6.07) is 19.1. The lowest BCUT2D eigenvalue weighted by molar-refractivity contribution is -0.131. The van der Waals surface area contributed by atoms with Crippen LogP contribution in [0.2, 0.25) is 0 Å². The summed E-state index contributed by atoms with van der Waals surface area (Å²) in [6.07, 6.45) is -0.205. The molecule has 0 bridgehead atoms. The topological polar surface area (TPSA) is 436 Å². The Morgan fingerprint density at radius 1 is 0.630 bits per heavy atom. The number of nitrogens with zero attached hydrogens (tertiary/aromatic N) is 3. The number of ether oxygens (including phenoxy) is 1. The van der Waals surface area contributed by atoms with Crippen LogP contribution in [0.25, 0.3) is 10.9 Å². The van der Waals surface area contributed by atoms with Crippen molar-refractivity contribution in [3.63, 3.8) is 0 Å². The van der Waals surface area contributed by atoms with Gasteiger partial charge in [0.15, 0.2) is 11.9 Å². The van der Waals surface area contributed by atoms with Crippen LogP contribution in [0.4, 0.5) is 0 Å². The number of fused-ring (bicyclic) bond motifs is 1. The van der Waals surface area contributed by atoms with Gasteiger partial charge in [-0.3, -0.25) is 54.2 Å². The fourth-order valence-electron chi connectivity index (χ4n) is 8.69. The number of nitrogens with one attached hydrogen (secondary N) is 8. The molecule has 4 aromatic rings. The number of nitrogens with two attached hydrogens (primary N) is 5. The molecule has 81 heavy (non-hydrogen) atoms. The Bertz CT molecular complexity index is 2700. The molecule has 0 aliphatic rings. The Balaban J connectivity index is 1.45. The average Bonchev–Trinajstić information content (AvgIpc) is 3.85. The lowest BCUT2D eigenvalue weighted by Crippen LogP contribution is -2.60. The molecule has 0 saturated carbocycles. The van der Waals surface area contributed by atoms with Crippen LogP contribution in [0.5, 0.6) is 0 Å². The molecule has 0 spiro atoms. The second-order valence-corrected chi connectivity index (χ2v) is 19.3. The van der Waals surface area contributed by atoms with Gasteiger partial charge in [0.2, 0.25) is 35.4 Å². The summed E-state index contributed by atoms with van der Waals surface area (Å²) in [4.78, 5) is 107. The summed E-state index contributed by atoms with van der Waals surface area (Å²) in [5, 5.41) is 43.2. The normalized spacial score (nSPS) is 14.1. The molecule has 1 heterocycles. The van der Waals surface area contributed by atoms with Gasteiger partial charge in [-0.2, -0.15) is 0 Å². The van der Waals surface area contributed by atoms with Crippen LogP contribution in [0.3, 0.4) is 0 Å². The Kier molecular flexibility index (Phi) is 28.5. The number of H-pyrrole nitrogens is 1. The van der Waals surface area contributed by atoms with E-state index in [9.17, 15) is 43.8 Å². The zero-order valence-electron chi connectivity index (χ0n) is 45.7. The number of aliphatic hydroxyl groups is 2. The molecule has 8 atom stereocenters. The minimum Gasteiger partial charge on any atom is -0.376 e. The van der Waals surface area contributed by atoms with Crippen molar-refractivity contribution in [2.24, 2.45) is 43.6 Å². The van der Waals surface area contributed by atoms with Gasteiger partial charge in [0.25, 0.3) is 5.91 Å².